The normalized spacial score (nSPS) is 33.0. The van der Waals surface area contributed by atoms with Crippen molar-refractivity contribution in [3.8, 4) is 0 Å². The second kappa shape index (κ2) is 1.51. The van der Waals surface area contributed by atoms with Gasteiger partial charge in [-0.25, -0.2) is 0 Å². The minimum Gasteiger partial charge on any atom is -0.340 e. The molecule has 2 aliphatic carbocycles. The zero-order chi connectivity index (χ0) is 8.40. The minimum atomic E-state index is -0.495. The second-order valence-corrected chi connectivity index (χ2v) is 4.07. The summed E-state index contributed by atoms with van der Waals surface area (Å²) in [5.74, 6) is 0.0548. The van der Waals surface area contributed by atoms with Crippen LogP contribution in [0, 0.1) is 0 Å². The number of hydrogen-bond acceptors (Lipinski definition) is 2. The molecular formula is C8H10N2O2. The molecule has 0 aromatic heterocycles. The number of carbonyl (C=O) groups is 2. The van der Waals surface area contributed by atoms with Crippen molar-refractivity contribution < 1.29 is 9.59 Å². The fourth-order valence-corrected chi connectivity index (χ4v) is 1.74. The van der Waals surface area contributed by atoms with Crippen molar-refractivity contribution in [2.45, 2.75) is 36.8 Å². The maximum Gasteiger partial charge on any atom is 0.246 e. The SMILES string of the molecule is O=C1NC2(CC2)C(=O)NC12CC2. The molecule has 0 atom stereocenters. The molecule has 0 bridgehead atoms. The fraction of sp³-hybridized carbons (Fsp3) is 0.750. The Labute approximate surface area is 69.7 Å². The molecule has 4 heteroatoms. The molecule has 2 spiro atoms. The van der Waals surface area contributed by atoms with Gasteiger partial charge in [0.05, 0.1) is 0 Å². The van der Waals surface area contributed by atoms with E-state index in [0.717, 1.165) is 25.7 Å². The van der Waals surface area contributed by atoms with E-state index in [0.29, 0.717) is 0 Å². The molecule has 4 nitrogen and oxygen atoms in total. The molecule has 0 aromatic carbocycles. The summed E-state index contributed by atoms with van der Waals surface area (Å²) in [4.78, 5) is 22.9. The predicted octanol–water partition coefficient (Wildman–Crippen LogP) is -0.702. The summed E-state index contributed by atoms with van der Waals surface area (Å²) in [6.45, 7) is 0. The van der Waals surface area contributed by atoms with Crippen LogP contribution in [-0.2, 0) is 9.59 Å². The number of piperazine rings is 1. The molecule has 3 rings (SSSR count). The summed E-state index contributed by atoms with van der Waals surface area (Å²) in [6.07, 6.45) is 3.22. The van der Waals surface area contributed by atoms with Crippen LogP contribution in [0.25, 0.3) is 0 Å². The number of hydrogen-bond donors (Lipinski definition) is 2. The van der Waals surface area contributed by atoms with E-state index in [4.69, 9.17) is 0 Å². The molecule has 0 unspecified atom stereocenters. The van der Waals surface area contributed by atoms with Crippen LogP contribution < -0.4 is 10.6 Å². The van der Waals surface area contributed by atoms with Crippen LogP contribution in [0.4, 0.5) is 0 Å². The predicted molar refractivity (Wildman–Crippen MR) is 40.2 cm³/mol. The number of nitrogens with one attached hydrogen (secondary N) is 2. The van der Waals surface area contributed by atoms with Gasteiger partial charge in [0.1, 0.15) is 11.1 Å². The first-order valence-electron chi connectivity index (χ1n) is 4.32. The molecule has 2 N–H and O–H groups in total. The molecule has 2 saturated carbocycles. The fourth-order valence-electron chi connectivity index (χ4n) is 1.74. The zero-order valence-corrected chi connectivity index (χ0v) is 6.64. The first-order valence-corrected chi connectivity index (χ1v) is 4.32. The first-order chi connectivity index (χ1) is 5.67. The van der Waals surface area contributed by atoms with Crippen LogP contribution in [0.1, 0.15) is 25.7 Å². The third kappa shape index (κ3) is 0.589. The highest BCUT2D eigenvalue weighted by molar-refractivity contribution is 6.05. The summed E-state index contributed by atoms with van der Waals surface area (Å²) in [6, 6.07) is 0. The van der Waals surface area contributed by atoms with Gasteiger partial charge in [0.15, 0.2) is 0 Å². The van der Waals surface area contributed by atoms with Gasteiger partial charge in [-0.1, -0.05) is 0 Å². The van der Waals surface area contributed by atoms with Crippen LogP contribution in [-0.4, -0.2) is 22.9 Å². The summed E-state index contributed by atoms with van der Waals surface area (Å²) in [5, 5.41) is 5.64. The van der Waals surface area contributed by atoms with Gasteiger partial charge >= 0.3 is 0 Å². The summed E-state index contributed by atoms with van der Waals surface area (Å²) in [7, 11) is 0. The monoisotopic (exact) mass is 166 g/mol. The van der Waals surface area contributed by atoms with E-state index in [9.17, 15) is 9.59 Å². The summed E-state index contributed by atoms with van der Waals surface area (Å²) >= 11 is 0. The lowest BCUT2D eigenvalue weighted by Crippen LogP contribution is -2.64. The Hall–Kier alpha value is -1.06. The van der Waals surface area contributed by atoms with Gasteiger partial charge in [0, 0.05) is 0 Å². The van der Waals surface area contributed by atoms with Crippen LogP contribution in [0.3, 0.4) is 0 Å². The van der Waals surface area contributed by atoms with E-state index < -0.39 is 11.1 Å². The lowest BCUT2D eigenvalue weighted by atomic mass is 10.1. The molecule has 0 aromatic rings. The lowest BCUT2D eigenvalue weighted by Gasteiger charge is -2.29. The Kier molecular flexibility index (Phi) is 0.812. The van der Waals surface area contributed by atoms with Crippen molar-refractivity contribution in [3.63, 3.8) is 0 Å². The molecule has 2 amide bonds. The molecular weight excluding hydrogens is 156 g/mol. The molecule has 0 radical (unpaired) electrons. The van der Waals surface area contributed by atoms with Crippen LogP contribution in [0.15, 0.2) is 0 Å². The van der Waals surface area contributed by atoms with E-state index in [2.05, 4.69) is 10.6 Å². The molecule has 12 heavy (non-hydrogen) atoms. The Balaban J connectivity index is 1.92. The van der Waals surface area contributed by atoms with Gasteiger partial charge in [0.2, 0.25) is 11.8 Å². The van der Waals surface area contributed by atoms with Gasteiger partial charge in [0.25, 0.3) is 0 Å². The molecule has 1 aliphatic heterocycles. The Morgan fingerprint density at radius 3 is 1.42 bits per heavy atom. The third-order valence-electron chi connectivity index (χ3n) is 3.07. The number of rotatable bonds is 0. The Bertz CT molecular complexity index is 259. The highest BCUT2D eigenvalue weighted by atomic mass is 16.2. The van der Waals surface area contributed by atoms with Crippen molar-refractivity contribution in [1.82, 2.24) is 10.6 Å². The molecule has 3 fully saturated rings. The van der Waals surface area contributed by atoms with Crippen molar-refractivity contribution in [3.05, 3.63) is 0 Å². The molecule has 64 valence electrons. The van der Waals surface area contributed by atoms with Gasteiger partial charge in [-0.15, -0.1) is 0 Å². The van der Waals surface area contributed by atoms with Crippen LogP contribution in [0.5, 0.6) is 0 Å². The van der Waals surface area contributed by atoms with E-state index in [1.165, 1.54) is 0 Å². The average Bonchev–Trinajstić information content (AvgIpc) is 2.82. The van der Waals surface area contributed by atoms with Gasteiger partial charge in [-0.3, -0.25) is 9.59 Å². The second-order valence-electron chi connectivity index (χ2n) is 4.07. The minimum absolute atomic E-state index is 0.0274. The molecule has 1 saturated heterocycles. The molecule has 3 aliphatic rings. The maximum absolute atomic E-state index is 11.5. The van der Waals surface area contributed by atoms with E-state index >= 15 is 0 Å². The third-order valence-corrected chi connectivity index (χ3v) is 3.07. The largest absolute Gasteiger partial charge is 0.340 e. The van der Waals surface area contributed by atoms with E-state index in [-0.39, 0.29) is 11.8 Å². The zero-order valence-electron chi connectivity index (χ0n) is 6.64. The van der Waals surface area contributed by atoms with Gasteiger partial charge in [-0.05, 0) is 25.7 Å². The standard InChI is InChI=1S/C8H10N2O2/c11-5-7(1-2-7)9-6(12)8(10-5)3-4-8/h1-4H2,(H,9,12)(H,10,11). The number of amides is 2. The topological polar surface area (TPSA) is 58.2 Å². The quantitative estimate of drug-likeness (QED) is 0.500. The Morgan fingerprint density at radius 2 is 1.17 bits per heavy atom. The number of carbonyl (C=O) groups excluding carboxylic acids is 2. The van der Waals surface area contributed by atoms with Crippen molar-refractivity contribution >= 4 is 11.8 Å². The van der Waals surface area contributed by atoms with Crippen molar-refractivity contribution in [2.24, 2.45) is 0 Å². The van der Waals surface area contributed by atoms with Crippen molar-refractivity contribution in [2.75, 3.05) is 0 Å². The van der Waals surface area contributed by atoms with Crippen LogP contribution >= 0.6 is 0 Å². The lowest BCUT2D eigenvalue weighted by molar-refractivity contribution is -0.138. The average molecular weight is 166 g/mol. The first kappa shape index (κ1) is 6.46. The van der Waals surface area contributed by atoms with Crippen molar-refractivity contribution in [1.29, 1.82) is 0 Å². The highest BCUT2D eigenvalue weighted by Gasteiger charge is 2.63. The maximum atomic E-state index is 11.5. The van der Waals surface area contributed by atoms with E-state index in [1.807, 2.05) is 0 Å². The Morgan fingerprint density at radius 1 is 0.833 bits per heavy atom. The smallest absolute Gasteiger partial charge is 0.246 e. The summed E-state index contributed by atoms with van der Waals surface area (Å²) in [5.41, 5.74) is -0.990. The van der Waals surface area contributed by atoms with Crippen LogP contribution in [0.2, 0.25) is 0 Å². The highest BCUT2D eigenvalue weighted by Crippen LogP contribution is 2.45. The molecule has 1 heterocycles. The van der Waals surface area contributed by atoms with Gasteiger partial charge in [-0.2, -0.15) is 0 Å². The summed E-state index contributed by atoms with van der Waals surface area (Å²) < 4.78 is 0. The van der Waals surface area contributed by atoms with E-state index in [1.54, 1.807) is 0 Å². The van der Waals surface area contributed by atoms with Gasteiger partial charge < -0.3 is 10.6 Å².